The topological polar surface area (TPSA) is 0 Å². The van der Waals surface area contributed by atoms with E-state index in [4.69, 9.17) is 23.2 Å². The average Bonchev–Trinajstić information content (AvgIpc) is 2.76. The van der Waals surface area contributed by atoms with Crippen molar-refractivity contribution in [2.24, 2.45) is 0 Å². The molecule has 0 saturated carbocycles. The van der Waals surface area contributed by atoms with Gasteiger partial charge in [0.05, 0.1) is 8.07 Å². The van der Waals surface area contributed by atoms with E-state index >= 15 is 0 Å². The summed E-state index contributed by atoms with van der Waals surface area (Å²) in [5.41, 5.74) is 8.08. The molecule has 0 spiro atoms. The van der Waals surface area contributed by atoms with Crippen LogP contribution in [-0.4, -0.2) is 8.07 Å². The molecule has 0 heterocycles. The van der Waals surface area contributed by atoms with Gasteiger partial charge in [0.25, 0.3) is 0 Å². The van der Waals surface area contributed by atoms with Crippen LogP contribution in [0.2, 0.25) is 23.2 Å². The minimum Gasteiger partial charge on any atom is -0.0882 e. The number of halogens is 2. The van der Waals surface area contributed by atoms with Crippen molar-refractivity contribution in [1.82, 2.24) is 0 Å². The molecular formula is C20H30Cl2SiZr. The predicted octanol–water partition coefficient (Wildman–Crippen LogP) is 7.94. The summed E-state index contributed by atoms with van der Waals surface area (Å²) in [7, 11) is -2.00. The molecule has 0 bridgehead atoms. The second-order valence-electron chi connectivity index (χ2n) is 8.25. The number of rotatable bonds is 2. The smallest absolute Gasteiger partial charge is 0.0814 e. The summed E-state index contributed by atoms with van der Waals surface area (Å²) < 4.78 is 0. The first-order valence-corrected chi connectivity index (χ1v) is 12.1. The van der Waals surface area contributed by atoms with Gasteiger partial charge in [0, 0.05) is 46.3 Å². The SMILES string of the molecule is CC1=C(C)C(C)([Si](C)(C)C2(C)C(C)=C(C)C(C)=C2Cl)C(Cl)=C1C.[Zr]. The third-order valence-electron chi connectivity index (χ3n) is 7.79. The molecule has 2 rings (SSSR count). The maximum atomic E-state index is 6.95. The summed E-state index contributed by atoms with van der Waals surface area (Å²) in [6, 6.07) is 0. The fourth-order valence-electron chi connectivity index (χ4n) is 4.71. The summed E-state index contributed by atoms with van der Waals surface area (Å²) in [5, 5.41) is 1.91. The molecular weight excluding hydrogens is 430 g/mol. The van der Waals surface area contributed by atoms with Crippen molar-refractivity contribution in [3.8, 4) is 0 Å². The van der Waals surface area contributed by atoms with Gasteiger partial charge in [-0.3, -0.25) is 0 Å². The van der Waals surface area contributed by atoms with Gasteiger partial charge in [0.15, 0.2) is 0 Å². The quantitative estimate of drug-likeness (QED) is 0.367. The van der Waals surface area contributed by atoms with Crippen molar-refractivity contribution in [2.45, 2.75) is 78.6 Å². The standard InChI is InChI=1S/C20H30Cl2Si.Zr/c1-11-13(3)17(21)19(7,15(11)5)23(9,10)20(8)16(6)12(2)14(4)18(20)22;/h1-10H3;. The van der Waals surface area contributed by atoms with Crippen LogP contribution in [0, 0.1) is 0 Å². The molecule has 0 radical (unpaired) electrons. The Bertz CT molecular complexity index is 612. The van der Waals surface area contributed by atoms with Crippen LogP contribution in [0.3, 0.4) is 0 Å². The summed E-state index contributed by atoms with van der Waals surface area (Å²) in [6.45, 7) is 22.9. The summed E-state index contributed by atoms with van der Waals surface area (Å²) in [4.78, 5) is 0. The molecule has 132 valence electrons. The van der Waals surface area contributed by atoms with Gasteiger partial charge in [-0.2, -0.15) is 0 Å². The summed E-state index contributed by atoms with van der Waals surface area (Å²) >= 11 is 13.9. The van der Waals surface area contributed by atoms with Crippen LogP contribution in [0.5, 0.6) is 0 Å². The summed E-state index contributed by atoms with van der Waals surface area (Å²) in [5.74, 6) is 0. The Labute approximate surface area is 178 Å². The van der Waals surface area contributed by atoms with E-state index in [0.29, 0.717) is 0 Å². The molecule has 0 N–H and O–H groups in total. The van der Waals surface area contributed by atoms with Crippen molar-refractivity contribution in [3.05, 3.63) is 43.5 Å². The average molecular weight is 461 g/mol. The molecule has 0 aromatic rings. The van der Waals surface area contributed by atoms with Gasteiger partial charge in [-0.15, -0.1) is 0 Å². The van der Waals surface area contributed by atoms with Gasteiger partial charge >= 0.3 is 0 Å². The molecule has 0 aromatic heterocycles. The first kappa shape index (κ1) is 22.7. The van der Waals surface area contributed by atoms with Gasteiger partial charge in [-0.05, 0) is 63.8 Å². The van der Waals surface area contributed by atoms with E-state index in [2.05, 4.69) is 68.5 Å². The van der Waals surface area contributed by atoms with E-state index in [9.17, 15) is 0 Å². The Morgan fingerprint density at radius 1 is 0.625 bits per heavy atom. The molecule has 0 amide bonds. The van der Waals surface area contributed by atoms with Crippen LogP contribution in [-0.2, 0) is 26.2 Å². The maximum Gasteiger partial charge on any atom is 0.0814 e. The zero-order valence-electron chi connectivity index (χ0n) is 16.8. The largest absolute Gasteiger partial charge is 0.0882 e. The molecule has 0 aromatic carbocycles. The van der Waals surface area contributed by atoms with Crippen molar-refractivity contribution in [3.63, 3.8) is 0 Å². The van der Waals surface area contributed by atoms with Crippen molar-refractivity contribution in [1.29, 1.82) is 0 Å². The van der Waals surface area contributed by atoms with Crippen LogP contribution < -0.4 is 0 Å². The van der Waals surface area contributed by atoms with E-state index in [-0.39, 0.29) is 36.3 Å². The van der Waals surface area contributed by atoms with Gasteiger partial charge in [0.2, 0.25) is 0 Å². The van der Waals surface area contributed by atoms with Crippen molar-refractivity contribution in [2.75, 3.05) is 0 Å². The Hall–Kier alpha value is 0.640. The van der Waals surface area contributed by atoms with Gasteiger partial charge in [-0.1, -0.05) is 61.3 Å². The minimum absolute atomic E-state index is 0. The monoisotopic (exact) mass is 458 g/mol. The van der Waals surface area contributed by atoms with Gasteiger partial charge < -0.3 is 0 Å². The van der Waals surface area contributed by atoms with Gasteiger partial charge in [0.1, 0.15) is 0 Å². The number of hydrogen-bond acceptors (Lipinski definition) is 0. The number of allylic oxidation sites excluding steroid dienone is 8. The third kappa shape index (κ3) is 2.39. The van der Waals surface area contributed by atoms with Crippen LogP contribution in [0.15, 0.2) is 43.5 Å². The molecule has 2 aliphatic rings. The van der Waals surface area contributed by atoms with Crippen molar-refractivity contribution >= 4 is 31.3 Å². The molecule has 4 heteroatoms. The normalized spacial score (nSPS) is 31.5. The summed E-state index contributed by atoms with van der Waals surface area (Å²) in [6.07, 6.45) is 0. The Kier molecular flexibility index (Phi) is 6.30. The molecule has 24 heavy (non-hydrogen) atoms. The first-order valence-electron chi connectivity index (χ1n) is 8.38. The van der Waals surface area contributed by atoms with E-state index in [1.54, 1.807) is 0 Å². The zero-order valence-corrected chi connectivity index (χ0v) is 21.7. The Morgan fingerprint density at radius 2 is 0.875 bits per heavy atom. The Balaban J connectivity index is 0.00000288. The van der Waals surface area contributed by atoms with Crippen LogP contribution in [0.1, 0.15) is 55.4 Å². The van der Waals surface area contributed by atoms with Crippen LogP contribution in [0.4, 0.5) is 0 Å². The second kappa shape index (κ2) is 6.66. The molecule has 0 nitrogen and oxygen atoms in total. The molecule has 2 aliphatic carbocycles. The van der Waals surface area contributed by atoms with E-state index in [1.807, 2.05) is 0 Å². The van der Waals surface area contributed by atoms with Crippen molar-refractivity contribution < 1.29 is 26.2 Å². The first-order chi connectivity index (χ1) is 10.3. The van der Waals surface area contributed by atoms with E-state index in [1.165, 1.54) is 33.4 Å². The zero-order chi connectivity index (χ0) is 18.1. The van der Waals surface area contributed by atoms with E-state index < -0.39 is 8.07 Å². The fraction of sp³-hybridized carbons (Fsp3) is 0.600. The van der Waals surface area contributed by atoms with Gasteiger partial charge in [-0.25, -0.2) is 0 Å². The van der Waals surface area contributed by atoms with Crippen LogP contribution >= 0.6 is 23.2 Å². The molecule has 0 aliphatic heterocycles. The molecule has 2 unspecified atom stereocenters. The number of hydrogen-bond donors (Lipinski definition) is 0. The van der Waals surface area contributed by atoms with Crippen LogP contribution in [0.25, 0.3) is 0 Å². The predicted molar refractivity (Wildman–Crippen MR) is 108 cm³/mol. The second-order valence-corrected chi connectivity index (χ2v) is 14.3. The minimum atomic E-state index is -2.00. The third-order valence-corrected chi connectivity index (χ3v) is 15.7. The Morgan fingerprint density at radius 3 is 1.04 bits per heavy atom. The molecule has 0 saturated heterocycles. The molecule has 0 fully saturated rings. The molecule has 2 atom stereocenters. The maximum absolute atomic E-state index is 6.95. The van der Waals surface area contributed by atoms with E-state index in [0.717, 1.165) is 10.1 Å². The fourth-order valence-corrected chi connectivity index (χ4v) is 11.4.